The van der Waals surface area contributed by atoms with Gasteiger partial charge < -0.3 is 5.11 Å². The molecule has 0 atom stereocenters. The van der Waals surface area contributed by atoms with Crippen molar-refractivity contribution in [2.45, 2.75) is 32.2 Å². The molecule has 0 rings (SSSR count). The molecule has 3 N–H and O–H groups in total. The summed E-state index contributed by atoms with van der Waals surface area (Å²) in [6, 6.07) is 0. The summed E-state index contributed by atoms with van der Waals surface area (Å²) < 4.78 is 26.9. The van der Waals surface area contributed by atoms with Crippen LogP contribution in [0, 0.1) is 0 Å². The average Bonchev–Trinajstić information content (AvgIpc) is 2.14. The van der Waals surface area contributed by atoms with E-state index in [2.05, 4.69) is 9.44 Å². The standard InChI is InChI=1S/C7H18N2O3S/c1-4-7(5-2,6-10)9-13(11,12)8-3/h8-10H,4-6H2,1-3H3. The Kier molecular flexibility index (Phi) is 4.83. The minimum absolute atomic E-state index is 0.194. The number of rotatable bonds is 6. The van der Waals surface area contributed by atoms with Gasteiger partial charge in [-0.05, 0) is 12.8 Å². The third kappa shape index (κ3) is 3.60. The highest BCUT2D eigenvalue weighted by Crippen LogP contribution is 2.14. The van der Waals surface area contributed by atoms with Gasteiger partial charge in [-0.25, -0.2) is 4.72 Å². The van der Waals surface area contributed by atoms with E-state index in [-0.39, 0.29) is 6.61 Å². The molecular weight excluding hydrogens is 192 g/mol. The maximum absolute atomic E-state index is 11.2. The number of nitrogens with one attached hydrogen (secondary N) is 2. The van der Waals surface area contributed by atoms with Crippen molar-refractivity contribution in [2.75, 3.05) is 13.7 Å². The predicted molar refractivity (Wildman–Crippen MR) is 51.5 cm³/mol. The van der Waals surface area contributed by atoms with Gasteiger partial charge in [0.25, 0.3) is 10.2 Å². The topological polar surface area (TPSA) is 78.4 Å². The second kappa shape index (κ2) is 4.90. The van der Waals surface area contributed by atoms with Crippen molar-refractivity contribution in [3.8, 4) is 0 Å². The van der Waals surface area contributed by atoms with E-state index in [0.29, 0.717) is 12.8 Å². The van der Waals surface area contributed by atoms with Crippen LogP contribution in [0.15, 0.2) is 0 Å². The minimum Gasteiger partial charge on any atom is -0.394 e. The van der Waals surface area contributed by atoms with E-state index in [9.17, 15) is 8.42 Å². The third-order valence-electron chi connectivity index (χ3n) is 2.28. The Morgan fingerprint density at radius 3 is 2.00 bits per heavy atom. The Bertz CT molecular complexity index is 226. The third-order valence-corrected chi connectivity index (χ3v) is 3.52. The number of aliphatic hydroxyl groups excluding tert-OH is 1. The first-order chi connectivity index (χ1) is 5.95. The highest BCUT2D eigenvalue weighted by molar-refractivity contribution is 7.87. The molecule has 80 valence electrons. The predicted octanol–water partition coefficient (Wildman–Crippen LogP) is -0.409. The summed E-state index contributed by atoms with van der Waals surface area (Å²) in [5.74, 6) is 0. The molecule has 0 fully saturated rings. The molecule has 0 saturated carbocycles. The molecule has 0 aromatic carbocycles. The van der Waals surface area contributed by atoms with Gasteiger partial charge in [-0.3, -0.25) is 0 Å². The van der Waals surface area contributed by atoms with E-state index in [1.165, 1.54) is 7.05 Å². The van der Waals surface area contributed by atoms with Crippen molar-refractivity contribution in [1.82, 2.24) is 9.44 Å². The fourth-order valence-electron chi connectivity index (χ4n) is 0.986. The molecule has 0 heterocycles. The molecule has 0 unspecified atom stereocenters. The Morgan fingerprint density at radius 2 is 1.77 bits per heavy atom. The van der Waals surface area contributed by atoms with Gasteiger partial charge >= 0.3 is 0 Å². The smallest absolute Gasteiger partial charge is 0.277 e. The van der Waals surface area contributed by atoms with E-state index in [1.54, 1.807) is 0 Å². The number of hydrogen-bond donors (Lipinski definition) is 3. The van der Waals surface area contributed by atoms with Gasteiger partial charge in [-0.15, -0.1) is 0 Å². The van der Waals surface area contributed by atoms with Crippen LogP contribution < -0.4 is 9.44 Å². The molecule has 0 spiro atoms. The summed E-state index contributed by atoms with van der Waals surface area (Å²) in [6.45, 7) is 3.47. The van der Waals surface area contributed by atoms with Crippen LogP contribution in [0.5, 0.6) is 0 Å². The summed E-state index contributed by atoms with van der Waals surface area (Å²) in [7, 11) is -2.14. The quantitative estimate of drug-likeness (QED) is 0.558. The maximum Gasteiger partial charge on any atom is 0.277 e. The van der Waals surface area contributed by atoms with E-state index in [0.717, 1.165) is 0 Å². The van der Waals surface area contributed by atoms with Crippen molar-refractivity contribution >= 4 is 10.2 Å². The zero-order valence-electron chi connectivity index (χ0n) is 8.29. The molecule has 5 nitrogen and oxygen atoms in total. The zero-order chi connectivity index (χ0) is 10.5. The summed E-state index contributed by atoms with van der Waals surface area (Å²) in [5.41, 5.74) is -0.734. The van der Waals surface area contributed by atoms with Gasteiger partial charge in [0, 0.05) is 7.05 Å². The fourth-order valence-corrected chi connectivity index (χ4v) is 2.01. The van der Waals surface area contributed by atoms with E-state index >= 15 is 0 Å². The molecule has 0 aliphatic heterocycles. The van der Waals surface area contributed by atoms with Crippen LogP contribution in [-0.4, -0.2) is 32.7 Å². The molecule has 0 radical (unpaired) electrons. The lowest BCUT2D eigenvalue weighted by Crippen LogP contribution is -2.53. The molecule has 0 bridgehead atoms. The molecule has 0 aliphatic carbocycles. The van der Waals surface area contributed by atoms with Gasteiger partial charge in [-0.1, -0.05) is 13.8 Å². The van der Waals surface area contributed by atoms with Crippen LogP contribution in [0.4, 0.5) is 0 Å². The lowest BCUT2D eigenvalue weighted by molar-refractivity contribution is 0.172. The average molecular weight is 210 g/mol. The summed E-state index contributed by atoms with van der Waals surface area (Å²) in [4.78, 5) is 0. The van der Waals surface area contributed by atoms with E-state index in [4.69, 9.17) is 5.11 Å². The highest BCUT2D eigenvalue weighted by Gasteiger charge is 2.29. The largest absolute Gasteiger partial charge is 0.394 e. The molecule has 0 aromatic heterocycles. The molecule has 0 aromatic rings. The van der Waals surface area contributed by atoms with Crippen LogP contribution >= 0.6 is 0 Å². The summed E-state index contributed by atoms with van der Waals surface area (Å²) in [5, 5.41) is 9.08. The normalized spacial score (nSPS) is 13.2. The molecule has 0 aliphatic rings. The SMILES string of the molecule is CCC(CC)(CO)NS(=O)(=O)NC. The van der Waals surface area contributed by atoms with Crippen molar-refractivity contribution in [2.24, 2.45) is 0 Å². The summed E-state index contributed by atoms with van der Waals surface area (Å²) in [6.07, 6.45) is 1.11. The number of aliphatic hydroxyl groups is 1. The first kappa shape index (κ1) is 12.8. The Balaban J connectivity index is 4.61. The van der Waals surface area contributed by atoms with Crippen LogP contribution in [-0.2, 0) is 10.2 Å². The van der Waals surface area contributed by atoms with Gasteiger partial charge in [-0.2, -0.15) is 13.1 Å². The monoisotopic (exact) mass is 210 g/mol. The van der Waals surface area contributed by atoms with Crippen LogP contribution in [0.2, 0.25) is 0 Å². The zero-order valence-corrected chi connectivity index (χ0v) is 9.11. The van der Waals surface area contributed by atoms with Crippen molar-refractivity contribution in [3.05, 3.63) is 0 Å². The second-order valence-electron chi connectivity index (χ2n) is 2.96. The first-order valence-electron chi connectivity index (χ1n) is 4.28. The lowest BCUT2D eigenvalue weighted by Gasteiger charge is -2.29. The van der Waals surface area contributed by atoms with Gasteiger partial charge in [0.1, 0.15) is 0 Å². The van der Waals surface area contributed by atoms with Crippen molar-refractivity contribution < 1.29 is 13.5 Å². The molecule has 0 amide bonds. The molecule has 6 heteroatoms. The minimum atomic E-state index is -3.47. The first-order valence-corrected chi connectivity index (χ1v) is 5.77. The molecule has 0 saturated heterocycles. The Labute approximate surface area is 79.7 Å². The highest BCUT2D eigenvalue weighted by atomic mass is 32.2. The maximum atomic E-state index is 11.2. The second-order valence-corrected chi connectivity index (χ2v) is 4.57. The molecular formula is C7H18N2O3S. The van der Waals surface area contributed by atoms with Gasteiger partial charge in [0.05, 0.1) is 12.1 Å². The van der Waals surface area contributed by atoms with Gasteiger partial charge in [0.15, 0.2) is 0 Å². The Hall–Kier alpha value is -0.170. The Morgan fingerprint density at radius 1 is 1.31 bits per heavy atom. The molecule has 13 heavy (non-hydrogen) atoms. The van der Waals surface area contributed by atoms with E-state index in [1.807, 2.05) is 13.8 Å². The van der Waals surface area contributed by atoms with Crippen molar-refractivity contribution in [3.63, 3.8) is 0 Å². The van der Waals surface area contributed by atoms with E-state index < -0.39 is 15.7 Å². The van der Waals surface area contributed by atoms with Crippen LogP contribution in [0.1, 0.15) is 26.7 Å². The fraction of sp³-hybridized carbons (Fsp3) is 1.00. The number of hydrogen-bond acceptors (Lipinski definition) is 3. The van der Waals surface area contributed by atoms with Crippen LogP contribution in [0.25, 0.3) is 0 Å². The lowest BCUT2D eigenvalue weighted by atomic mass is 9.96. The van der Waals surface area contributed by atoms with Crippen LogP contribution in [0.3, 0.4) is 0 Å². The van der Waals surface area contributed by atoms with Crippen molar-refractivity contribution in [1.29, 1.82) is 0 Å². The summed E-state index contributed by atoms with van der Waals surface area (Å²) >= 11 is 0. The van der Waals surface area contributed by atoms with Gasteiger partial charge in [0.2, 0.25) is 0 Å².